The maximum absolute atomic E-state index is 9.06. The van der Waals surface area contributed by atoms with E-state index < -0.39 is 0 Å². The Morgan fingerprint density at radius 2 is 2.33 bits per heavy atom. The molecule has 0 aliphatic heterocycles. The van der Waals surface area contributed by atoms with E-state index in [1.807, 2.05) is 19.2 Å². The van der Waals surface area contributed by atoms with Gasteiger partial charge in [-0.05, 0) is 44.4 Å². The van der Waals surface area contributed by atoms with E-state index in [-0.39, 0.29) is 6.10 Å². The van der Waals surface area contributed by atoms with Crippen molar-refractivity contribution in [3.8, 4) is 0 Å². The fourth-order valence-corrected chi connectivity index (χ4v) is 1.09. The van der Waals surface area contributed by atoms with Crippen LogP contribution in [-0.4, -0.2) is 16.2 Å². The Morgan fingerprint density at radius 3 is 2.92 bits per heavy atom. The number of aromatic nitrogens is 1. The van der Waals surface area contributed by atoms with Crippen LogP contribution in [-0.2, 0) is 6.42 Å². The number of aliphatic hydroxyl groups excluding tert-OH is 1. The second-order valence-electron chi connectivity index (χ2n) is 3.21. The molecule has 0 spiro atoms. The van der Waals surface area contributed by atoms with E-state index in [1.165, 1.54) is 5.56 Å². The molecule has 0 saturated carbocycles. The molecule has 1 rings (SSSR count). The summed E-state index contributed by atoms with van der Waals surface area (Å²) >= 11 is 0. The molecule has 0 unspecified atom stereocenters. The molecule has 1 aromatic rings. The zero-order valence-electron chi connectivity index (χ0n) is 7.62. The third-order valence-electron chi connectivity index (χ3n) is 1.79. The molecule has 0 radical (unpaired) electrons. The van der Waals surface area contributed by atoms with Gasteiger partial charge in [-0.1, -0.05) is 0 Å². The first-order valence-electron chi connectivity index (χ1n) is 4.28. The van der Waals surface area contributed by atoms with Gasteiger partial charge >= 0.3 is 0 Å². The topological polar surface area (TPSA) is 33.1 Å². The molecule has 66 valence electrons. The van der Waals surface area contributed by atoms with Crippen molar-refractivity contribution in [2.75, 3.05) is 0 Å². The fourth-order valence-electron chi connectivity index (χ4n) is 1.09. The number of nitrogens with zero attached hydrogens (tertiary/aromatic N) is 1. The predicted molar refractivity (Wildman–Crippen MR) is 49.0 cm³/mol. The molecule has 0 aliphatic carbocycles. The lowest BCUT2D eigenvalue weighted by molar-refractivity contribution is 0.184. The van der Waals surface area contributed by atoms with Crippen molar-refractivity contribution in [1.82, 2.24) is 4.98 Å². The van der Waals surface area contributed by atoms with Gasteiger partial charge in [0.25, 0.3) is 0 Å². The molecule has 0 fully saturated rings. The number of hydrogen-bond acceptors (Lipinski definition) is 2. The summed E-state index contributed by atoms with van der Waals surface area (Å²) in [5.74, 6) is 0. The van der Waals surface area contributed by atoms with Gasteiger partial charge in [-0.3, -0.25) is 4.98 Å². The van der Waals surface area contributed by atoms with Gasteiger partial charge in [-0.15, -0.1) is 0 Å². The highest BCUT2D eigenvalue weighted by molar-refractivity contribution is 5.14. The van der Waals surface area contributed by atoms with Crippen LogP contribution in [0.2, 0.25) is 0 Å². The van der Waals surface area contributed by atoms with Gasteiger partial charge in [0.05, 0.1) is 6.10 Å². The first-order valence-corrected chi connectivity index (χ1v) is 4.28. The highest BCUT2D eigenvalue weighted by Gasteiger charge is 1.98. The van der Waals surface area contributed by atoms with Crippen LogP contribution < -0.4 is 0 Å². The molecule has 1 heterocycles. The van der Waals surface area contributed by atoms with E-state index in [1.54, 1.807) is 6.92 Å². The highest BCUT2D eigenvalue weighted by Crippen LogP contribution is 2.04. The average molecular weight is 165 g/mol. The summed E-state index contributed by atoms with van der Waals surface area (Å²) < 4.78 is 0. The molecule has 0 aliphatic rings. The smallest absolute Gasteiger partial charge is 0.0515 e. The summed E-state index contributed by atoms with van der Waals surface area (Å²) in [4.78, 5) is 4.20. The Morgan fingerprint density at radius 1 is 1.58 bits per heavy atom. The van der Waals surface area contributed by atoms with E-state index in [4.69, 9.17) is 5.11 Å². The molecular formula is C10H15NO. The van der Waals surface area contributed by atoms with Crippen LogP contribution in [0.5, 0.6) is 0 Å². The van der Waals surface area contributed by atoms with Crippen LogP contribution in [0.15, 0.2) is 18.3 Å². The van der Waals surface area contributed by atoms with E-state index in [0.29, 0.717) is 0 Å². The maximum Gasteiger partial charge on any atom is 0.0515 e. The average Bonchev–Trinajstić information content (AvgIpc) is 2.01. The molecule has 2 nitrogen and oxygen atoms in total. The Labute approximate surface area is 73.3 Å². The summed E-state index contributed by atoms with van der Waals surface area (Å²) in [5, 5.41) is 9.06. The molecule has 0 amide bonds. The van der Waals surface area contributed by atoms with Crippen LogP contribution in [0, 0.1) is 6.92 Å². The van der Waals surface area contributed by atoms with Crippen molar-refractivity contribution < 1.29 is 5.11 Å². The van der Waals surface area contributed by atoms with Gasteiger partial charge in [0.15, 0.2) is 0 Å². The van der Waals surface area contributed by atoms with Crippen LogP contribution in [0.3, 0.4) is 0 Å². The van der Waals surface area contributed by atoms with Crippen molar-refractivity contribution in [1.29, 1.82) is 0 Å². The second-order valence-corrected chi connectivity index (χ2v) is 3.21. The maximum atomic E-state index is 9.06. The van der Waals surface area contributed by atoms with Gasteiger partial charge in [-0.2, -0.15) is 0 Å². The molecule has 1 atom stereocenters. The number of hydrogen-bond donors (Lipinski definition) is 1. The third-order valence-corrected chi connectivity index (χ3v) is 1.79. The lowest BCUT2D eigenvalue weighted by Gasteiger charge is -2.03. The molecule has 1 aromatic heterocycles. The zero-order chi connectivity index (χ0) is 8.97. The lowest BCUT2D eigenvalue weighted by atomic mass is 10.1. The van der Waals surface area contributed by atoms with Crippen molar-refractivity contribution >= 4 is 0 Å². The third kappa shape index (κ3) is 3.01. The number of rotatable bonds is 3. The normalized spacial score (nSPS) is 12.9. The van der Waals surface area contributed by atoms with Crippen molar-refractivity contribution in [2.24, 2.45) is 0 Å². The fraction of sp³-hybridized carbons (Fsp3) is 0.500. The van der Waals surface area contributed by atoms with Crippen LogP contribution in [0.25, 0.3) is 0 Å². The molecule has 2 heteroatoms. The van der Waals surface area contributed by atoms with Gasteiger partial charge in [-0.25, -0.2) is 0 Å². The molecule has 12 heavy (non-hydrogen) atoms. The quantitative estimate of drug-likeness (QED) is 0.739. The predicted octanol–water partition coefficient (Wildman–Crippen LogP) is 1.70. The van der Waals surface area contributed by atoms with Crippen LogP contribution in [0.1, 0.15) is 24.6 Å². The van der Waals surface area contributed by atoms with E-state index in [9.17, 15) is 0 Å². The highest BCUT2D eigenvalue weighted by atomic mass is 16.3. The first kappa shape index (κ1) is 9.20. The van der Waals surface area contributed by atoms with Crippen LogP contribution >= 0.6 is 0 Å². The molecule has 0 aromatic carbocycles. The number of aryl methyl sites for hydroxylation is 2. The SMILES string of the molecule is Cc1ccnc(CC[C@H](C)O)c1. The van der Waals surface area contributed by atoms with Gasteiger partial charge in [0.2, 0.25) is 0 Å². The molecular weight excluding hydrogens is 150 g/mol. The van der Waals surface area contributed by atoms with E-state index >= 15 is 0 Å². The summed E-state index contributed by atoms with van der Waals surface area (Å²) in [6.45, 7) is 3.85. The van der Waals surface area contributed by atoms with Crippen molar-refractivity contribution in [2.45, 2.75) is 32.8 Å². The summed E-state index contributed by atoms with van der Waals surface area (Å²) in [5.41, 5.74) is 2.29. The summed E-state index contributed by atoms with van der Waals surface area (Å²) in [6, 6.07) is 4.04. The first-order chi connectivity index (χ1) is 5.68. The largest absolute Gasteiger partial charge is 0.393 e. The van der Waals surface area contributed by atoms with E-state index in [2.05, 4.69) is 11.1 Å². The minimum Gasteiger partial charge on any atom is -0.393 e. The summed E-state index contributed by atoms with van der Waals surface area (Å²) in [6.07, 6.45) is 3.23. The minimum absolute atomic E-state index is 0.229. The zero-order valence-corrected chi connectivity index (χ0v) is 7.62. The number of aliphatic hydroxyl groups is 1. The van der Waals surface area contributed by atoms with Crippen molar-refractivity contribution in [3.63, 3.8) is 0 Å². The van der Waals surface area contributed by atoms with Gasteiger partial charge < -0.3 is 5.11 Å². The van der Waals surface area contributed by atoms with Gasteiger partial charge in [0.1, 0.15) is 0 Å². The molecule has 0 saturated heterocycles. The molecule has 1 N–H and O–H groups in total. The Kier molecular flexibility index (Phi) is 3.23. The van der Waals surface area contributed by atoms with E-state index in [0.717, 1.165) is 18.5 Å². The Bertz CT molecular complexity index is 245. The molecule has 0 bridgehead atoms. The monoisotopic (exact) mass is 165 g/mol. The number of pyridine rings is 1. The second kappa shape index (κ2) is 4.21. The van der Waals surface area contributed by atoms with Crippen LogP contribution in [0.4, 0.5) is 0 Å². The standard InChI is InChI=1S/C10H15NO/c1-8-5-6-11-10(7-8)4-3-9(2)12/h5-7,9,12H,3-4H2,1-2H3/t9-/m0/s1. The Balaban J connectivity index is 2.52. The Hall–Kier alpha value is -0.890. The van der Waals surface area contributed by atoms with Crippen molar-refractivity contribution in [3.05, 3.63) is 29.6 Å². The lowest BCUT2D eigenvalue weighted by Crippen LogP contribution is -2.02. The minimum atomic E-state index is -0.229. The van der Waals surface area contributed by atoms with Gasteiger partial charge in [0, 0.05) is 11.9 Å². The summed E-state index contributed by atoms with van der Waals surface area (Å²) in [7, 11) is 0.